The predicted octanol–water partition coefficient (Wildman–Crippen LogP) is 3.77. The van der Waals surface area contributed by atoms with Crippen LogP contribution in [0.5, 0.6) is 0 Å². The molecule has 0 spiro atoms. The molecular formula is C21H23Cl2N3O5S. The molecule has 0 bridgehead atoms. The number of anilines is 1. The Balaban J connectivity index is 1.45. The number of sulfonamides is 1. The maximum absolute atomic E-state index is 12.5. The molecule has 1 aliphatic rings. The van der Waals surface area contributed by atoms with Gasteiger partial charge in [-0.05, 0) is 54.3 Å². The number of nitrogens with one attached hydrogen (secondary N) is 1. The van der Waals surface area contributed by atoms with Crippen LogP contribution in [0.4, 0.5) is 10.5 Å². The number of nitrogens with zero attached hydrogens (tertiary/aromatic N) is 1. The van der Waals surface area contributed by atoms with Crippen molar-refractivity contribution in [3.8, 4) is 0 Å². The molecule has 1 fully saturated rings. The molecule has 0 unspecified atom stereocenters. The Bertz CT molecular complexity index is 1060. The summed E-state index contributed by atoms with van der Waals surface area (Å²) in [4.78, 5) is 26.4. The summed E-state index contributed by atoms with van der Waals surface area (Å²) in [5, 5.41) is 8.79. The number of carbonyl (C=O) groups is 2. The normalized spacial score (nSPS) is 14.8. The van der Waals surface area contributed by atoms with Gasteiger partial charge in [-0.25, -0.2) is 18.4 Å². The van der Waals surface area contributed by atoms with Crippen molar-refractivity contribution in [3.63, 3.8) is 0 Å². The van der Waals surface area contributed by atoms with Crippen molar-refractivity contribution in [3.05, 3.63) is 63.6 Å². The molecule has 2 aromatic rings. The Morgan fingerprint density at radius 1 is 1.03 bits per heavy atom. The number of hydrogen-bond donors (Lipinski definition) is 2. The minimum absolute atomic E-state index is 0.0565. The topological polar surface area (TPSA) is 119 Å². The smallest absolute Gasteiger partial charge is 0.410 e. The van der Waals surface area contributed by atoms with Crippen LogP contribution in [0.2, 0.25) is 10.0 Å². The lowest BCUT2D eigenvalue weighted by Gasteiger charge is -2.30. The maximum atomic E-state index is 12.5. The van der Waals surface area contributed by atoms with Crippen molar-refractivity contribution in [2.75, 3.05) is 18.4 Å². The highest BCUT2D eigenvalue weighted by atomic mass is 35.5. The lowest BCUT2D eigenvalue weighted by Crippen LogP contribution is -2.41. The fraction of sp³-hybridized carbons (Fsp3) is 0.333. The van der Waals surface area contributed by atoms with E-state index >= 15 is 0 Å². The summed E-state index contributed by atoms with van der Waals surface area (Å²) in [6, 6.07) is 11.4. The first-order valence-electron chi connectivity index (χ1n) is 9.86. The Morgan fingerprint density at radius 2 is 1.62 bits per heavy atom. The van der Waals surface area contributed by atoms with Gasteiger partial charge < -0.3 is 15.0 Å². The van der Waals surface area contributed by atoms with E-state index in [1.165, 1.54) is 0 Å². The quantitative estimate of drug-likeness (QED) is 0.626. The summed E-state index contributed by atoms with van der Waals surface area (Å²) in [7, 11) is -3.61. The molecule has 0 aliphatic carbocycles. The molecule has 0 atom stereocenters. The number of benzene rings is 2. The SMILES string of the molecule is NS(=O)(=O)Cc1ccc(NC(=O)C2CCN(C(=O)OCc3cc(Cl)cc(Cl)c3)CC2)cc1. The summed E-state index contributed by atoms with van der Waals surface area (Å²) < 4.78 is 27.6. The van der Waals surface area contributed by atoms with Gasteiger partial charge in [0.15, 0.2) is 0 Å². The number of hydrogen-bond acceptors (Lipinski definition) is 5. The molecule has 1 saturated heterocycles. The average Bonchev–Trinajstić information content (AvgIpc) is 2.72. The standard InChI is InChI=1S/C21H23Cl2N3O5S/c22-17-9-15(10-18(23)11-17)12-31-21(28)26-7-5-16(6-8-26)20(27)25-19-3-1-14(2-4-19)13-32(24,29)30/h1-4,9-11,16H,5-8,12-13H2,(H,25,27)(H2,24,29,30). The van der Waals surface area contributed by atoms with Crippen molar-refractivity contribution >= 4 is 50.9 Å². The number of carbonyl (C=O) groups excluding carboxylic acids is 2. The summed E-state index contributed by atoms with van der Waals surface area (Å²) in [5.74, 6) is -0.652. The highest BCUT2D eigenvalue weighted by Gasteiger charge is 2.28. The third kappa shape index (κ3) is 7.37. The largest absolute Gasteiger partial charge is 0.445 e. The summed E-state index contributed by atoms with van der Waals surface area (Å²) >= 11 is 11.9. The minimum Gasteiger partial charge on any atom is -0.445 e. The van der Waals surface area contributed by atoms with Gasteiger partial charge in [0.2, 0.25) is 15.9 Å². The van der Waals surface area contributed by atoms with Gasteiger partial charge in [0.1, 0.15) is 6.61 Å². The van der Waals surface area contributed by atoms with E-state index in [4.69, 9.17) is 33.1 Å². The molecule has 2 amide bonds. The molecule has 1 heterocycles. The number of piperidine rings is 1. The Hall–Kier alpha value is -2.33. The van der Waals surface area contributed by atoms with Crippen molar-refractivity contribution in [1.29, 1.82) is 0 Å². The Kier molecular flexibility index (Phi) is 8.00. The van der Waals surface area contributed by atoms with E-state index in [0.29, 0.717) is 52.8 Å². The molecule has 0 aromatic heterocycles. The van der Waals surface area contributed by atoms with Gasteiger partial charge in [0.25, 0.3) is 0 Å². The van der Waals surface area contributed by atoms with Crippen LogP contribution >= 0.6 is 23.2 Å². The van der Waals surface area contributed by atoms with Gasteiger partial charge in [-0.1, -0.05) is 35.3 Å². The molecule has 0 radical (unpaired) electrons. The van der Waals surface area contributed by atoms with Gasteiger partial charge in [0, 0.05) is 34.7 Å². The van der Waals surface area contributed by atoms with Gasteiger partial charge in [0.05, 0.1) is 5.75 Å². The van der Waals surface area contributed by atoms with Gasteiger partial charge in [-0.3, -0.25) is 4.79 Å². The van der Waals surface area contributed by atoms with Crippen molar-refractivity contribution in [1.82, 2.24) is 4.90 Å². The minimum atomic E-state index is -3.61. The summed E-state index contributed by atoms with van der Waals surface area (Å²) in [6.45, 7) is 0.863. The molecule has 3 rings (SSSR count). The van der Waals surface area contributed by atoms with E-state index in [1.54, 1.807) is 47.4 Å². The zero-order valence-corrected chi connectivity index (χ0v) is 19.4. The van der Waals surface area contributed by atoms with Crippen LogP contribution in [0.3, 0.4) is 0 Å². The van der Waals surface area contributed by atoms with Crippen molar-refractivity contribution < 1.29 is 22.7 Å². The number of halogens is 2. The first-order chi connectivity index (χ1) is 15.1. The average molecular weight is 500 g/mol. The number of rotatable bonds is 6. The monoisotopic (exact) mass is 499 g/mol. The van der Waals surface area contributed by atoms with Crippen LogP contribution in [0.15, 0.2) is 42.5 Å². The molecule has 3 N–H and O–H groups in total. The van der Waals surface area contributed by atoms with E-state index < -0.39 is 16.1 Å². The number of amides is 2. The van der Waals surface area contributed by atoms with E-state index in [-0.39, 0.29) is 24.2 Å². The first kappa shape index (κ1) is 24.3. The Labute approximate surface area is 196 Å². The molecule has 172 valence electrons. The lowest BCUT2D eigenvalue weighted by atomic mass is 9.96. The molecule has 2 aromatic carbocycles. The van der Waals surface area contributed by atoms with Crippen molar-refractivity contribution in [2.45, 2.75) is 25.2 Å². The molecular weight excluding hydrogens is 477 g/mol. The van der Waals surface area contributed by atoms with E-state index in [1.807, 2.05) is 0 Å². The molecule has 8 nitrogen and oxygen atoms in total. The second kappa shape index (κ2) is 10.5. The van der Waals surface area contributed by atoms with E-state index in [9.17, 15) is 18.0 Å². The van der Waals surface area contributed by atoms with Crippen LogP contribution < -0.4 is 10.5 Å². The molecule has 1 aliphatic heterocycles. The second-order valence-electron chi connectivity index (χ2n) is 7.59. The molecule has 11 heteroatoms. The Morgan fingerprint density at radius 3 is 2.19 bits per heavy atom. The number of primary sulfonamides is 1. The van der Waals surface area contributed by atoms with Gasteiger partial charge in [-0.15, -0.1) is 0 Å². The zero-order chi connectivity index (χ0) is 23.3. The number of ether oxygens (including phenoxy) is 1. The van der Waals surface area contributed by atoms with Crippen LogP contribution in [0.1, 0.15) is 24.0 Å². The fourth-order valence-corrected chi connectivity index (χ4v) is 4.64. The first-order valence-corrected chi connectivity index (χ1v) is 12.3. The van der Waals surface area contributed by atoms with Crippen LogP contribution in [0.25, 0.3) is 0 Å². The van der Waals surface area contributed by atoms with Crippen LogP contribution in [-0.4, -0.2) is 38.4 Å². The second-order valence-corrected chi connectivity index (χ2v) is 10.1. The fourth-order valence-electron chi connectivity index (χ4n) is 3.42. The third-order valence-electron chi connectivity index (χ3n) is 5.00. The summed E-state index contributed by atoms with van der Waals surface area (Å²) in [5.41, 5.74) is 1.80. The summed E-state index contributed by atoms with van der Waals surface area (Å²) in [6.07, 6.45) is 0.561. The van der Waals surface area contributed by atoms with Crippen LogP contribution in [-0.2, 0) is 31.9 Å². The van der Waals surface area contributed by atoms with Gasteiger partial charge in [-0.2, -0.15) is 0 Å². The van der Waals surface area contributed by atoms with Gasteiger partial charge >= 0.3 is 6.09 Å². The number of nitrogens with two attached hydrogens (primary N) is 1. The number of likely N-dealkylation sites (tertiary alicyclic amines) is 1. The van der Waals surface area contributed by atoms with Crippen LogP contribution in [0, 0.1) is 5.92 Å². The van der Waals surface area contributed by atoms with Crippen molar-refractivity contribution in [2.24, 2.45) is 11.1 Å². The molecule has 32 heavy (non-hydrogen) atoms. The third-order valence-corrected chi connectivity index (χ3v) is 6.17. The highest BCUT2D eigenvalue weighted by Crippen LogP contribution is 2.22. The zero-order valence-electron chi connectivity index (χ0n) is 17.1. The van der Waals surface area contributed by atoms with E-state index in [2.05, 4.69) is 5.32 Å². The molecule has 0 saturated carbocycles. The maximum Gasteiger partial charge on any atom is 0.410 e. The lowest BCUT2D eigenvalue weighted by molar-refractivity contribution is -0.121. The predicted molar refractivity (Wildman–Crippen MR) is 123 cm³/mol. The highest BCUT2D eigenvalue weighted by molar-refractivity contribution is 7.88. The van der Waals surface area contributed by atoms with E-state index in [0.717, 1.165) is 0 Å².